The molecule has 12 heteroatoms. The van der Waals surface area contributed by atoms with Gasteiger partial charge in [-0.25, -0.2) is 0 Å². The number of hydrogen-bond donors (Lipinski definition) is 2. The Balaban J connectivity index is 1.09. The summed E-state index contributed by atoms with van der Waals surface area (Å²) < 4.78 is 58.5. The maximum Gasteiger partial charge on any atom is 0.416 e. The van der Waals surface area contributed by atoms with Crippen LogP contribution in [-0.4, -0.2) is 65.8 Å². The number of aliphatic hydroxyl groups excluding tert-OH is 1. The number of ether oxygens (including phenoxy) is 2. The van der Waals surface area contributed by atoms with E-state index in [9.17, 15) is 28.2 Å². The van der Waals surface area contributed by atoms with Gasteiger partial charge >= 0.3 is 6.18 Å². The molecule has 7 aliphatic rings. The van der Waals surface area contributed by atoms with Crippen LogP contribution >= 0.6 is 11.6 Å². The number of carbonyl (C=O) groups excluding carboxylic acids is 2. The normalized spacial score (nSPS) is 29.3. The summed E-state index contributed by atoms with van der Waals surface area (Å²) in [6.07, 6.45) is 7.84. The fraction of sp³-hybridized carbons (Fsp3) is 0.527. The molecule has 0 spiro atoms. The number of hydrogen-bond acceptors (Lipinski definition) is 7. The predicted octanol–water partition coefficient (Wildman–Crippen LogP) is 12.2. The molecule has 358 valence electrons. The van der Waals surface area contributed by atoms with Gasteiger partial charge in [-0.2, -0.15) is 13.2 Å². The van der Waals surface area contributed by atoms with Crippen LogP contribution in [0, 0.1) is 28.6 Å². The molecule has 1 aromatic heterocycles. The fourth-order valence-corrected chi connectivity index (χ4v) is 13.7. The molecule has 2 N–H and O–H groups in total. The molecule has 67 heavy (non-hydrogen) atoms. The maximum atomic E-state index is 15.0. The molecular weight excluding hydrogens is 879 g/mol. The van der Waals surface area contributed by atoms with Gasteiger partial charge in [-0.3, -0.25) is 9.59 Å². The van der Waals surface area contributed by atoms with Crippen LogP contribution in [0.25, 0.3) is 11.3 Å². The third-order valence-corrected chi connectivity index (χ3v) is 16.9. The summed E-state index contributed by atoms with van der Waals surface area (Å²) in [6, 6.07) is 17.2. The van der Waals surface area contributed by atoms with Crippen molar-refractivity contribution in [3.05, 3.63) is 117 Å². The highest BCUT2D eigenvalue weighted by molar-refractivity contribution is 6.33. The Morgan fingerprint density at radius 1 is 0.881 bits per heavy atom. The second-order valence-corrected chi connectivity index (χ2v) is 21.6. The zero-order chi connectivity index (χ0) is 47.5. The van der Waals surface area contributed by atoms with Crippen LogP contribution < -0.4 is 9.47 Å². The van der Waals surface area contributed by atoms with Crippen LogP contribution in [0.15, 0.2) is 82.8 Å². The van der Waals surface area contributed by atoms with Gasteiger partial charge in [0.2, 0.25) is 11.7 Å². The lowest BCUT2D eigenvalue weighted by molar-refractivity contribution is -0.148. The van der Waals surface area contributed by atoms with Crippen LogP contribution in [0.2, 0.25) is 5.02 Å². The van der Waals surface area contributed by atoms with Crippen molar-refractivity contribution in [3.8, 4) is 22.8 Å². The average Bonchev–Trinajstić information content (AvgIpc) is 3.86. The highest BCUT2D eigenvalue weighted by Gasteiger charge is 2.59. The van der Waals surface area contributed by atoms with Crippen molar-refractivity contribution in [2.75, 3.05) is 27.3 Å². The minimum atomic E-state index is -4.61. The summed E-state index contributed by atoms with van der Waals surface area (Å²) >= 11 is 6.40. The first-order valence-corrected chi connectivity index (χ1v) is 24.5. The number of ketones is 1. The van der Waals surface area contributed by atoms with Crippen LogP contribution in [-0.2, 0) is 23.8 Å². The summed E-state index contributed by atoms with van der Waals surface area (Å²) in [5, 5.41) is 24.8. The molecule has 0 aliphatic heterocycles. The Hall–Kier alpha value is -4.58. The first-order valence-electron chi connectivity index (χ1n) is 24.1. The lowest BCUT2D eigenvalue weighted by atomic mass is 9.49. The van der Waals surface area contributed by atoms with Gasteiger partial charge in [-0.05, 0) is 185 Å². The highest BCUT2D eigenvalue weighted by atomic mass is 35.5. The second-order valence-electron chi connectivity index (χ2n) is 21.2. The number of rotatable bonds is 11. The molecule has 0 saturated heterocycles. The van der Waals surface area contributed by atoms with Gasteiger partial charge in [-0.1, -0.05) is 48.4 Å². The van der Waals surface area contributed by atoms with Crippen molar-refractivity contribution in [1.82, 2.24) is 4.90 Å². The molecule has 1 heterocycles. The van der Waals surface area contributed by atoms with Crippen molar-refractivity contribution < 1.29 is 46.9 Å². The summed E-state index contributed by atoms with van der Waals surface area (Å²) in [6.45, 7) is 4.92. The monoisotopic (exact) mass is 941 g/mol. The third kappa shape index (κ3) is 9.46. The standard InChI is InChI=1S/C55H63ClF3NO7/c1-33-6-5-18-52(2)44(41-12-8-34(23-40(61)11-7-33)24-42(41)51(63)48-16-15-46(67-48)43-27-39(55(57,58)59)10-13-45(43)56)17-19-54(52,64)32-60(31-53-28-36-20-37(29-53)22-38(21-36)30-53)50(62)26-35-9-14-47(65-3)49(25-35)66-4/h6,8-10,12-16,24-25,27,36-38,40,44,61,64H,5,7,11,17-23,26,28-32H2,1-4H3. The number of alkyl halides is 3. The van der Waals surface area contributed by atoms with Gasteiger partial charge < -0.3 is 29.0 Å². The van der Waals surface area contributed by atoms with Gasteiger partial charge in [0.1, 0.15) is 5.76 Å². The van der Waals surface area contributed by atoms with E-state index in [1.165, 1.54) is 31.4 Å². The molecule has 5 saturated carbocycles. The SMILES string of the molecule is COc1ccc(CC(=O)N(CC23CC4CC(CC(C4)C2)C3)CC2(O)CCC3c4ccc(cc4C(=O)c4ccc(-c5cc(C(F)(F)F)ccc5Cl)o4)CC(O)CCC(C)=CCCC32C)cc1OC. The highest BCUT2D eigenvalue weighted by Crippen LogP contribution is 2.62. The number of aliphatic hydroxyl groups is 2. The molecule has 8 nitrogen and oxygen atoms in total. The lowest BCUT2D eigenvalue weighted by Crippen LogP contribution is -2.58. The fourth-order valence-electron chi connectivity index (χ4n) is 13.5. The largest absolute Gasteiger partial charge is 0.493 e. The number of nitrogens with zero attached hydrogens (tertiary/aromatic N) is 1. The average molecular weight is 943 g/mol. The molecule has 6 bridgehead atoms. The van der Waals surface area contributed by atoms with E-state index in [1.54, 1.807) is 20.3 Å². The molecule has 5 fully saturated rings. The molecule has 7 aliphatic carbocycles. The number of carbonyl (C=O) groups is 2. The third-order valence-electron chi connectivity index (χ3n) is 16.6. The molecule has 1 amide bonds. The quantitative estimate of drug-likeness (QED) is 0.114. The number of methoxy groups -OCH3 is 2. The van der Waals surface area contributed by atoms with Crippen molar-refractivity contribution in [2.45, 2.75) is 128 Å². The van der Waals surface area contributed by atoms with Crippen molar-refractivity contribution in [2.24, 2.45) is 28.6 Å². The van der Waals surface area contributed by atoms with E-state index in [1.807, 2.05) is 35.2 Å². The lowest BCUT2D eigenvalue weighted by Gasteiger charge is -2.58. The Morgan fingerprint density at radius 2 is 1.60 bits per heavy atom. The van der Waals surface area contributed by atoms with Crippen LogP contribution in [0.5, 0.6) is 11.5 Å². The van der Waals surface area contributed by atoms with Crippen molar-refractivity contribution >= 4 is 23.3 Å². The summed E-state index contributed by atoms with van der Waals surface area (Å²) in [7, 11) is 3.16. The minimum absolute atomic E-state index is 0.000551. The number of benzene rings is 3. The zero-order valence-corrected chi connectivity index (χ0v) is 39.8. The van der Waals surface area contributed by atoms with Crippen LogP contribution in [0.4, 0.5) is 13.2 Å². The second kappa shape index (κ2) is 18.4. The maximum absolute atomic E-state index is 15.0. The Kier molecular flexibility index (Phi) is 13.0. The smallest absolute Gasteiger partial charge is 0.416 e. The molecule has 0 radical (unpaired) electrons. The van der Waals surface area contributed by atoms with E-state index < -0.39 is 34.6 Å². The Bertz CT molecular complexity index is 2510. The Labute approximate surface area is 396 Å². The number of furan rings is 1. The van der Waals surface area contributed by atoms with Gasteiger partial charge in [0.15, 0.2) is 17.3 Å². The van der Waals surface area contributed by atoms with Crippen molar-refractivity contribution in [1.29, 1.82) is 0 Å². The van der Waals surface area contributed by atoms with E-state index in [0.29, 0.717) is 86.3 Å². The number of halogens is 4. The topological polar surface area (TPSA) is 109 Å². The minimum Gasteiger partial charge on any atom is -0.493 e. The van der Waals surface area contributed by atoms with Crippen LogP contribution in [0.1, 0.15) is 135 Å². The molecule has 4 unspecified atom stereocenters. The zero-order valence-electron chi connectivity index (χ0n) is 39.0. The van der Waals surface area contributed by atoms with Crippen LogP contribution in [0.3, 0.4) is 0 Å². The first kappa shape index (κ1) is 47.5. The summed E-state index contributed by atoms with van der Waals surface area (Å²) in [5.41, 5.74) is 0.720. The molecule has 3 aromatic carbocycles. The molecular formula is C55H63ClF3NO7. The van der Waals surface area contributed by atoms with E-state index in [2.05, 4.69) is 19.9 Å². The first-order chi connectivity index (χ1) is 31.9. The van der Waals surface area contributed by atoms with E-state index >= 15 is 4.79 Å². The van der Waals surface area contributed by atoms with E-state index in [-0.39, 0.29) is 52.3 Å². The van der Waals surface area contributed by atoms with Gasteiger partial charge in [0.25, 0.3) is 0 Å². The number of amides is 1. The number of allylic oxidation sites excluding steroid dienone is 2. The molecule has 4 atom stereocenters. The number of fused-ring (bicyclic) bond motifs is 8. The van der Waals surface area contributed by atoms with Gasteiger partial charge in [0, 0.05) is 29.6 Å². The summed E-state index contributed by atoms with van der Waals surface area (Å²) in [4.78, 5) is 31.9. The molecule has 4 aromatic rings. The van der Waals surface area contributed by atoms with Gasteiger partial charge in [0.05, 0.1) is 42.9 Å². The Morgan fingerprint density at radius 3 is 2.28 bits per heavy atom. The van der Waals surface area contributed by atoms with Crippen molar-refractivity contribution in [3.63, 3.8) is 0 Å². The molecule has 11 rings (SSSR count). The van der Waals surface area contributed by atoms with E-state index in [0.717, 1.165) is 59.7 Å². The summed E-state index contributed by atoms with van der Waals surface area (Å²) in [5.74, 6) is 2.26. The van der Waals surface area contributed by atoms with Gasteiger partial charge in [-0.15, -0.1) is 0 Å². The van der Waals surface area contributed by atoms with E-state index in [4.69, 9.17) is 25.5 Å². The predicted molar refractivity (Wildman–Crippen MR) is 251 cm³/mol.